The molecule has 6 nitrogen and oxygen atoms in total. The number of likely N-dealkylation sites (N-methyl/N-ethyl adjacent to an activating group) is 1. The van der Waals surface area contributed by atoms with Crippen LogP contribution >= 0.6 is 0 Å². The van der Waals surface area contributed by atoms with Gasteiger partial charge in [0.15, 0.2) is 6.10 Å². The highest BCUT2D eigenvalue weighted by Gasteiger charge is 2.31. The average Bonchev–Trinajstić information content (AvgIpc) is 2.84. The van der Waals surface area contributed by atoms with Gasteiger partial charge in [0.05, 0.1) is 5.69 Å². The highest BCUT2D eigenvalue weighted by Crippen LogP contribution is 2.36. The number of anilines is 2. The summed E-state index contributed by atoms with van der Waals surface area (Å²) in [6.45, 7) is 3.04. The van der Waals surface area contributed by atoms with E-state index in [0.29, 0.717) is 30.1 Å². The Morgan fingerprint density at radius 3 is 2.21 bits per heavy atom. The second-order valence-electron chi connectivity index (χ2n) is 8.86. The predicted molar refractivity (Wildman–Crippen MR) is 135 cm³/mol. The van der Waals surface area contributed by atoms with Crippen LogP contribution < -0.4 is 15.0 Å². The molecule has 0 saturated heterocycles. The molecule has 176 valence electrons. The van der Waals surface area contributed by atoms with Crippen LogP contribution in [0.3, 0.4) is 0 Å². The molecule has 0 spiro atoms. The molecule has 1 aliphatic rings. The molecular weight excluding hydrogens is 426 g/mol. The number of nitrogens with one attached hydrogen (secondary N) is 1. The molecule has 3 aromatic carbocycles. The molecule has 0 fully saturated rings. The summed E-state index contributed by atoms with van der Waals surface area (Å²) < 4.78 is 5.80. The molecule has 1 atom stereocenters. The Balaban J connectivity index is 1.54. The van der Waals surface area contributed by atoms with Crippen molar-refractivity contribution in [1.29, 1.82) is 0 Å². The molecule has 0 radical (unpaired) electrons. The van der Waals surface area contributed by atoms with Gasteiger partial charge >= 0.3 is 0 Å². The zero-order valence-corrected chi connectivity index (χ0v) is 19.9. The number of rotatable bonds is 8. The maximum atomic E-state index is 13.1. The smallest absolute Gasteiger partial charge is 0.267 e. The van der Waals surface area contributed by atoms with Gasteiger partial charge < -0.3 is 19.9 Å². The molecule has 4 rings (SSSR count). The fourth-order valence-corrected chi connectivity index (χ4v) is 4.21. The average molecular weight is 458 g/mol. The summed E-state index contributed by atoms with van der Waals surface area (Å²) in [6, 6.07) is 25.6. The van der Waals surface area contributed by atoms with E-state index in [1.54, 1.807) is 11.8 Å². The van der Waals surface area contributed by atoms with E-state index in [-0.39, 0.29) is 17.7 Å². The Bertz CT molecular complexity index is 1090. The lowest BCUT2D eigenvalue weighted by molar-refractivity contribution is -0.125. The molecule has 0 aliphatic carbocycles. The number of carbonyl (C=O) groups excluding carboxylic acids is 2. The standard InChI is InChI=1S/C28H31N3O3/c1-20-28(33)31(17-16-30(2)3)25-18-23(14-15-26(25)34-20)29-27(32)19-24(21-10-6-4-7-11-21)22-12-8-5-9-13-22/h4-15,18,20,24H,16-17,19H2,1-3H3,(H,29,32). The van der Waals surface area contributed by atoms with Crippen LogP contribution in [-0.2, 0) is 9.59 Å². The molecule has 1 aliphatic heterocycles. The van der Waals surface area contributed by atoms with Crippen LogP contribution in [0, 0.1) is 0 Å². The minimum atomic E-state index is -0.535. The second-order valence-corrected chi connectivity index (χ2v) is 8.86. The van der Waals surface area contributed by atoms with Crippen molar-refractivity contribution in [3.63, 3.8) is 0 Å². The zero-order chi connectivity index (χ0) is 24.1. The van der Waals surface area contributed by atoms with Gasteiger partial charge in [-0.05, 0) is 50.3 Å². The van der Waals surface area contributed by atoms with Crippen molar-refractivity contribution in [2.45, 2.75) is 25.4 Å². The number of carbonyl (C=O) groups is 2. The Morgan fingerprint density at radius 1 is 1.00 bits per heavy atom. The molecule has 0 saturated carbocycles. The second kappa shape index (κ2) is 10.5. The Morgan fingerprint density at radius 2 is 1.62 bits per heavy atom. The Kier molecular flexibility index (Phi) is 7.28. The first-order chi connectivity index (χ1) is 16.4. The summed E-state index contributed by atoms with van der Waals surface area (Å²) in [4.78, 5) is 29.7. The van der Waals surface area contributed by atoms with Crippen LogP contribution in [0.4, 0.5) is 11.4 Å². The first-order valence-corrected chi connectivity index (χ1v) is 11.6. The number of hydrogen-bond acceptors (Lipinski definition) is 4. The summed E-state index contributed by atoms with van der Waals surface area (Å²) in [5, 5.41) is 3.03. The van der Waals surface area contributed by atoms with Crippen molar-refractivity contribution in [2.75, 3.05) is 37.4 Å². The first kappa shape index (κ1) is 23.5. The first-order valence-electron chi connectivity index (χ1n) is 11.6. The van der Waals surface area contributed by atoms with Crippen LogP contribution in [0.5, 0.6) is 5.75 Å². The van der Waals surface area contributed by atoms with Crippen LogP contribution in [0.25, 0.3) is 0 Å². The van der Waals surface area contributed by atoms with Crippen molar-refractivity contribution in [3.05, 3.63) is 90.0 Å². The quantitative estimate of drug-likeness (QED) is 0.540. The van der Waals surface area contributed by atoms with E-state index < -0.39 is 6.10 Å². The van der Waals surface area contributed by atoms with E-state index in [2.05, 4.69) is 29.6 Å². The summed E-state index contributed by atoms with van der Waals surface area (Å²) in [6.07, 6.45) is -0.227. The number of benzene rings is 3. The molecule has 34 heavy (non-hydrogen) atoms. The topological polar surface area (TPSA) is 61.9 Å². The van der Waals surface area contributed by atoms with Crippen LogP contribution in [0.15, 0.2) is 78.9 Å². The highest BCUT2D eigenvalue weighted by atomic mass is 16.5. The molecule has 2 amide bonds. The third-order valence-corrected chi connectivity index (χ3v) is 6.02. The summed E-state index contributed by atoms with van der Waals surface area (Å²) >= 11 is 0. The SMILES string of the molecule is CC1Oc2ccc(NC(=O)CC(c3ccccc3)c3ccccc3)cc2N(CCN(C)C)C1=O. The minimum Gasteiger partial charge on any atom is -0.479 e. The van der Waals surface area contributed by atoms with Crippen LogP contribution in [0.2, 0.25) is 0 Å². The van der Waals surface area contributed by atoms with Gasteiger partial charge in [0.1, 0.15) is 5.75 Å². The van der Waals surface area contributed by atoms with Crippen molar-refractivity contribution < 1.29 is 14.3 Å². The van der Waals surface area contributed by atoms with Gasteiger partial charge in [-0.1, -0.05) is 60.7 Å². The van der Waals surface area contributed by atoms with Gasteiger partial charge in [-0.15, -0.1) is 0 Å². The Labute approximate surface area is 201 Å². The monoisotopic (exact) mass is 457 g/mol. The van der Waals surface area contributed by atoms with Crippen molar-refractivity contribution in [2.24, 2.45) is 0 Å². The van der Waals surface area contributed by atoms with Gasteiger partial charge in [0, 0.05) is 31.1 Å². The summed E-state index contributed by atoms with van der Waals surface area (Å²) in [5.74, 6) is 0.428. The van der Waals surface area contributed by atoms with Crippen molar-refractivity contribution in [1.82, 2.24) is 4.90 Å². The maximum absolute atomic E-state index is 13.1. The summed E-state index contributed by atoms with van der Waals surface area (Å²) in [5.41, 5.74) is 3.52. The fraction of sp³-hybridized carbons (Fsp3) is 0.286. The van der Waals surface area contributed by atoms with E-state index >= 15 is 0 Å². The number of amides is 2. The normalized spacial score (nSPS) is 15.3. The predicted octanol–water partition coefficient (Wildman–Crippen LogP) is 4.52. The molecule has 1 unspecified atom stereocenters. The zero-order valence-electron chi connectivity index (χ0n) is 19.9. The van der Waals surface area contributed by atoms with E-state index in [1.807, 2.05) is 73.6 Å². The third kappa shape index (κ3) is 5.46. The van der Waals surface area contributed by atoms with E-state index in [4.69, 9.17) is 4.74 Å². The van der Waals surface area contributed by atoms with Crippen molar-refractivity contribution in [3.8, 4) is 5.75 Å². The molecular formula is C28H31N3O3. The van der Waals surface area contributed by atoms with Gasteiger partial charge in [-0.2, -0.15) is 0 Å². The third-order valence-electron chi connectivity index (χ3n) is 6.02. The number of nitrogens with zero attached hydrogens (tertiary/aromatic N) is 2. The number of hydrogen-bond donors (Lipinski definition) is 1. The summed E-state index contributed by atoms with van der Waals surface area (Å²) in [7, 11) is 3.95. The van der Waals surface area contributed by atoms with Gasteiger partial charge in [-0.3, -0.25) is 9.59 Å². The molecule has 3 aromatic rings. The maximum Gasteiger partial charge on any atom is 0.267 e. The van der Waals surface area contributed by atoms with Crippen LogP contribution in [-0.4, -0.2) is 50.0 Å². The van der Waals surface area contributed by atoms with Crippen molar-refractivity contribution >= 4 is 23.2 Å². The van der Waals surface area contributed by atoms with E-state index in [0.717, 1.165) is 17.7 Å². The van der Waals surface area contributed by atoms with Gasteiger partial charge in [0.25, 0.3) is 5.91 Å². The largest absolute Gasteiger partial charge is 0.479 e. The van der Waals surface area contributed by atoms with E-state index in [1.165, 1.54) is 0 Å². The molecule has 0 bridgehead atoms. The van der Waals surface area contributed by atoms with E-state index in [9.17, 15) is 9.59 Å². The molecule has 1 N–H and O–H groups in total. The van der Waals surface area contributed by atoms with Gasteiger partial charge in [-0.25, -0.2) is 0 Å². The molecule has 0 aromatic heterocycles. The minimum absolute atomic E-state index is 0.0534. The Hall–Kier alpha value is -3.64. The number of fused-ring (bicyclic) bond motifs is 1. The fourth-order valence-electron chi connectivity index (χ4n) is 4.21. The van der Waals surface area contributed by atoms with Crippen LogP contribution in [0.1, 0.15) is 30.4 Å². The lowest BCUT2D eigenvalue weighted by atomic mass is 9.88. The number of ether oxygens (including phenoxy) is 1. The molecule has 1 heterocycles. The highest BCUT2D eigenvalue weighted by molar-refractivity contribution is 6.01. The lowest BCUT2D eigenvalue weighted by Gasteiger charge is -2.34. The molecule has 6 heteroatoms. The lowest BCUT2D eigenvalue weighted by Crippen LogP contribution is -2.46. The van der Waals surface area contributed by atoms with Gasteiger partial charge in [0.2, 0.25) is 5.91 Å².